The molecule has 2 N–H and O–H groups in total. The lowest BCUT2D eigenvalue weighted by Gasteiger charge is -2.34. The summed E-state index contributed by atoms with van der Waals surface area (Å²) in [5.41, 5.74) is 8.28. The number of rotatable bonds is 3. The zero-order valence-electron chi connectivity index (χ0n) is 11.9. The average molecular weight is 260 g/mol. The monoisotopic (exact) mass is 260 g/mol. The SMILES string of the molecule is Cc1ccc(CC(=O)N2CCC[C@H]([C@@H](C)N)C2)cc1. The van der Waals surface area contributed by atoms with E-state index in [0.717, 1.165) is 31.5 Å². The number of hydrogen-bond acceptors (Lipinski definition) is 2. The molecule has 2 atom stereocenters. The van der Waals surface area contributed by atoms with Gasteiger partial charge in [-0.25, -0.2) is 0 Å². The van der Waals surface area contributed by atoms with Crippen molar-refractivity contribution in [1.82, 2.24) is 4.90 Å². The van der Waals surface area contributed by atoms with Crippen LogP contribution in [0.3, 0.4) is 0 Å². The minimum Gasteiger partial charge on any atom is -0.342 e. The molecule has 19 heavy (non-hydrogen) atoms. The highest BCUT2D eigenvalue weighted by atomic mass is 16.2. The number of carbonyl (C=O) groups excluding carboxylic acids is 1. The summed E-state index contributed by atoms with van der Waals surface area (Å²) in [6.07, 6.45) is 2.73. The number of benzene rings is 1. The molecule has 0 unspecified atom stereocenters. The highest BCUT2D eigenvalue weighted by molar-refractivity contribution is 5.78. The summed E-state index contributed by atoms with van der Waals surface area (Å²) in [5, 5.41) is 0. The molecular formula is C16H24N2O. The van der Waals surface area contributed by atoms with Crippen LogP contribution in [-0.2, 0) is 11.2 Å². The zero-order chi connectivity index (χ0) is 13.8. The van der Waals surface area contributed by atoms with Crippen LogP contribution in [0.25, 0.3) is 0 Å². The van der Waals surface area contributed by atoms with Gasteiger partial charge in [-0.3, -0.25) is 4.79 Å². The van der Waals surface area contributed by atoms with E-state index in [4.69, 9.17) is 5.73 Å². The van der Waals surface area contributed by atoms with Crippen molar-refractivity contribution in [2.24, 2.45) is 11.7 Å². The average Bonchev–Trinajstić information content (AvgIpc) is 2.41. The summed E-state index contributed by atoms with van der Waals surface area (Å²) in [4.78, 5) is 14.3. The van der Waals surface area contributed by atoms with Gasteiger partial charge in [-0.15, -0.1) is 0 Å². The van der Waals surface area contributed by atoms with E-state index < -0.39 is 0 Å². The standard InChI is InChI=1S/C16H24N2O/c1-12-5-7-14(8-6-12)10-16(19)18-9-3-4-15(11-18)13(2)17/h5-8,13,15H,3-4,9-11,17H2,1-2H3/t13-,15+/m1/s1. The van der Waals surface area contributed by atoms with Crippen LogP contribution in [0.2, 0.25) is 0 Å². The molecular weight excluding hydrogens is 236 g/mol. The summed E-state index contributed by atoms with van der Waals surface area (Å²) in [6.45, 7) is 5.80. The predicted octanol–water partition coefficient (Wildman–Crippen LogP) is 2.12. The third-order valence-electron chi connectivity index (χ3n) is 4.03. The third kappa shape index (κ3) is 3.80. The van der Waals surface area contributed by atoms with Gasteiger partial charge >= 0.3 is 0 Å². The first-order chi connectivity index (χ1) is 9.06. The molecule has 0 saturated carbocycles. The maximum absolute atomic E-state index is 12.3. The lowest BCUT2D eigenvalue weighted by Crippen LogP contribution is -2.45. The number of aryl methyl sites for hydroxylation is 1. The van der Waals surface area contributed by atoms with Crippen LogP contribution in [0.5, 0.6) is 0 Å². The minimum atomic E-state index is 0.176. The van der Waals surface area contributed by atoms with Gasteiger partial charge in [0.15, 0.2) is 0 Å². The molecule has 1 heterocycles. The van der Waals surface area contributed by atoms with E-state index in [2.05, 4.69) is 19.1 Å². The second kappa shape index (κ2) is 6.20. The second-order valence-electron chi connectivity index (χ2n) is 5.76. The van der Waals surface area contributed by atoms with Crippen molar-refractivity contribution < 1.29 is 4.79 Å². The Balaban J connectivity index is 1.94. The van der Waals surface area contributed by atoms with Crippen LogP contribution >= 0.6 is 0 Å². The first-order valence-corrected chi connectivity index (χ1v) is 7.15. The molecule has 1 aliphatic rings. The maximum Gasteiger partial charge on any atom is 0.226 e. The van der Waals surface area contributed by atoms with E-state index in [-0.39, 0.29) is 11.9 Å². The predicted molar refractivity (Wildman–Crippen MR) is 77.8 cm³/mol. The number of nitrogens with zero attached hydrogens (tertiary/aromatic N) is 1. The lowest BCUT2D eigenvalue weighted by molar-refractivity contribution is -0.132. The van der Waals surface area contributed by atoms with Crippen LogP contribution in [0.1, 0.15) is 30.9 Å². The zero-order valence-corrected chi connectivity index (χ0v) is 11.9. The Morgan fingerprint density at radius 2 is 2.11 bits per heavy atom. The summed E-state index contributed by atoms with van der Waals surface area (Å²) in [7, 11) is 0. The molecule has 0 aromatic heterocycles. The molecule has 1 amide bonds. The summed E-state index contributed by atoms with van der Waals surface area (Å²) in [5.74, 6) is 0.685. The van der Waals surface area contributed by atoms with E-state index in [9.17, 15) is 4.79 Å². The van der Waals surface area contributed by atoms with Crippen LogP contribution < -0.4 is 5.73 Å². The summed E-state index contributed by atoms with van der Waals surface area (Å²) < 4.78 is 0. The van der Waals surface area contributed by atoms with Gasteiger partial charge in [-0.2, -0.15) is 0 Å². The molecule has 1 aliphatic heterocycles. The largest absolute Gasteiger partial charge is 0.342 e. The molecule has 3 nitrogen and oxygen atoms in total. The fraction of sp³-hybridized carbons (Fsp3) is 0.562. The summed E-state index contributed by atoms with van der Waals surface area (Å²) >= 11 is 0. The Kier molecular flexibility index (Phi) is 4.59. The molecule has 0 bridgehead atoms. The van der Waals surface area contributed by atoms with Crippen molar-refractivity contribution in [2.75, 3.05) is 13.1 Å². The summed E-state index contributed by atoms with van der Waals surface area (Å²) in [6, 6.07) is 8.38. The Morgan fingerprint density at radius 3 is 2.74 bits per heavy atom. The smallest absolute Gasteiger partial charge is 0.226 e. The quantitative estimate of drug-likeness (QED) is 0.905. The van der Waals surface area contributed by atoms with Gasteiger partial charge in [0.1, 0.15) is 0 Å². The van der Waals surface area contributed by atoms with E-state index in [1.54, 1.807) is 0 Å². The molecule has 0 radical (unpaired) electrons. The third-order valence-corrected chi connectivity index (χ3v) is 4.03. The van der Waals surface area contributed by atoms with Gasteiger partial charge in [0, 0.05) is 19.1 Å². The van der Waals surface area contributed by atoms with Gasteiger partial charge in [-0.1, -0.05) is 29.8 Å². The Bertz CT molecular complexity index is 425. The Hall–Kier alpha value is -1.35. The molecule has 0 spiro atoms. The molecule has 1 fully saturated rings. The number of likely N-dealkylation sites (tertiary alicyclic amines) is 1. The molecule has 0 aliphatic carbocycles. The topological polar surface area (TPSA) is 46.3 Å². The van der Waals surface area contributed by atoms with E-state index in [1.165, 1.54) is 5.56 Å². The van der Waals surface area contributed by atoms with Crippen molar-refractivity contribution in [2.45, 2.75) is 39.2 Å². The Labute approximate surface area is 115 Å². The van der Waals surface area contributed by atoms with Gasteiger partial charge in [0.25, 0.3) is 0 Å². The second-order valence-corrected chi connectivity index (χ2v) is 5.76. The lowest BCUT2D eigenvalue weighted by atomic mass is 9.92. The molecule has 1 saturated heterocycles. The van der Waals surface area contributed by atoms with Gasteiger partial charge in [0.05, 0.1) is 6.42 Å². The van der Waals surface area contributed by atoms with Crippen molar-refractivity contribution in [3.05, 3.63) is 35.4 Å². The van der Waals surface area contributed by atoms with E-state index in [1.807, 2.05) is 24.0 Å². The number of nitrogens with two attached hydrogens (primary N) is 1. The first kappa shape index (κ1) is 14.1. The molecule has 2 rings (SSSR count). The van der Waals surface area contributed by atoms with E-state index >= 15 is 0 Å². The molecule has 1 aromatic rings. The van der Waals surface area contributed by atoms with Gasteiger partial charge in [-0.05, 0) is 38.2 Å². The number of carbonyl (C=O) groups is 1. The van der Waals surface area contributed by atoms with Gasteiger partial charge < -0.3 is 10.6 Å². The Morgan fingerprint density at radius 1 is 1.42 bits per heavy atom. The normalized spacial score (nSPS) is 21.2. The van der Waals surface area contributed by atoms with Crippen molar-refractivity contribution in [3.63, 3.8) is 0 Å². The highest BCUT2D eigenvalue weighted by Gasteiger charge is 2.25. The number of piperidine rings is 1. The van der Waals surface area contributed by atoms with Crippen LogP contribution in [-0.4, -0.2) is 29.9 Å². The van der Waals surface area contributed by atoms with Crippen LogP contribution in [0.15, 0.2) is 24.3 Å². The molecule has 3 heteroatoms. The number of hydrogen-bond donors (Lipinski definition) is 1. The van der Waals surface area contributed by atoms with E-state index in [0.29, 0.717) is 12.3 Å². The fourth-order valence-electron chi connectivity index (χ4n) is 2.66. The van der Waals surface area contributed by atoms with Crippen molar-refractivity contribution >= 4 is 5.91 Å². The fourth-order valence-corrected chi connectivity index (χ4v) is 2.66. The molecule has 1 aromatic carbocycles. The first-order valence-electron chi connectivity index (χ1n) is 7.15. The minimum absolute atomic E-state index is 0.176. The van der Waals surface area contributed by atoms with Gasteiger partial charge in [0.2, 0.25) is 5.91 Å². The van der Waals surface area contributed by atoms with Crippen molar-refractivity contribution in [3.8, 4) is 0 Å². The number of amides is 1. The van der Waals surface area contributed by atoms with Crippen LogP contribution in [0, 0.1) is 12.8 Å². The molecule has 104 valence electrons. The van der Waals surface area contributed by atoms with Crippen LogP contribution in [0.4, 0.5) is 0 Å². The van der Waals surface area contributed by atoms with Crippen molar-refractivity contribution in [1.29, 1.82) is 0 Å². The maximum atomic E-state index is 12.3. The highest BCUT2D eigenvalue weighted by Crippen LogP contribution is 2.19.